The average molecular weight is 430 g/mol. The summed E-state index contributed by atoms with van der Waals surface area (Å²) in [5, 5.41) is 15.9. The number of rotatable bonds is 7. The van der Waals surface area contributed by atoms with Gasteiger partial charge >= 0.3 is 0 Å². The van der Waals surface area contributed by atoms with Crippen LogP contribution in [0.3, 0.4) is 0 Å². The smallest absolute Gasteiger partial charge is 0.250 e. The summed E-state index contributed by atoms with van der Waals surface area (Å²) >= 11 is 1.35. The van der Waals surface area contributed by atoms with Crippen molar-refractivity contribution < 1.29 is 4.79 Å². The van der Waals surface area contributed by atoms with E-state index in [2.05, 4.69) is 38.9 Å². The Kier molecular flexibility index (Phi) is 6.43. The van der Waals surface area contributed by atoms with Crippen LogP contribution in [0.5, 0.6) is 0 Å². The fourth-order valence-electron chi connectivity index (χ4n) is 3.39. The summed E-state index contributed by atoms with van der Waals surface area (Å²) in [4.78, 5) is 12.4. The minimum absolute atomic E-state index is 0.184. The van der Waals surface area contributed by atoms with Gasteiger partial charge in [-0.2, -0.15) is 5.10 Å². The minimum Gasteiger partial charge on any atom is -0.302 e. The summed E-state index contributed by atoms with van der Waals surface area (Å²) in [6, 6.07) is 24.1. The van der Waals surface area contributed by atoms with Gasteiger partial charge in [0.2, 0.25) is 0 Å². The van der Waals surface area contributed by atoms with E-state index in [4.69, 9.17) is 0 Å². The van der Waals surface area contributed by atoms with E-state index in [0.717, 1.165) is 40.0 Å². The maximum Gasteiger partial charge on any atom is 0.250 e. The molecule has 1 heterocycles. The molecule has 0 radical (unpaired) electrons. The Hall–Kier alpha value is -3.45. The first kappa shape index (κ1) is 20.8. The van der Waals surface area contributed by atoms with Crippen molar-refractivity contribution in [1.82, 2.24) is 20.2 Å². The third-order valence-electron chi connectivity index (χ3n) is 4.93. The largest absolute Gasteiger partial charge is 0.302 e. The molecule has 0 unspecified atom stereocenters. The number of hydrogen-bond acceptors (Lipinski definition) is 5. The normalized spacial score (nSPS) is 11.6. The highest BCUT2D eigenvalue weighted by Gasteiger charge is 2.14. The molecule has 0 saturated heterocycles. The van der Waals surface area contributed by atoms with E-state index >= 15 is 0 Å². The highest BCUT2D eigenvalue weighted by molar-refractivity contribution is 7.99. The van der Waals surface area contributed by atoms with Crippen molar-refractivity contribution in [3.05, 3.63) is 78.4 Å². The number of nitrogens with zero attached hydrogens (tertiary/aromatic N) is 4. The van der Waals surface area contributed by atoms with E-state index in [1.165, 1.54) is 11.8 Å². The first-order chi connectivity index (χ1) is 15.2. The molecule has 0 aliphatic rings. The average Bonchev–Trinajstić information content (AvgIpc) is 3.24. The van der Waals surface area contributed by atoms with Crippen LogP contribution >= 0.6 is 11.8 Å². The fourth-order valence-corrected chi connectivity index (χ4v) is 4.19. The molecular weight excluding hydrogens is 406 g/mol. The van der Waals surface area contributed by atoms with E-state index < -0.39 is 0 Å². The number of aromatic nitrogens is 3. The number of hydrazone groups is 1. The topological polar surface area (TPSA) is 72.2 Å². The summed E-state index contributed by atoms with van der Waals surface area (Å²) in [5.41, 5.74) is 5.43. The molecule has 0 aliphatic heterocycles. The fraction of sp³-hybridized carbons (Fsp3) is 0.167. The van der Waals surface area contributed by atoms with Crippen LogP contribution < -0.4 is 5.43 Å². The second-order valence-electron chi connectivity index (χ2n) is 6.96. The number of benzene rings is 3. The predicted molar refractivity (Wildman–Crippen MR) is 126 cm³/mol. The SMILES string of the molecule is CCn1c(SCC(=O)N/N=C(\C)c2cccc3ccccc23)nnc1-c1ccccc1. The molecule has 1 N–H and O–H groups in total. The third-order valence-corrected chi connectivity index (χ3v) is 5.89. The van der Waals surface area contributed by atoms with Crippen LogP contribution in [0.4, 0.5) is 0 Å². The van der Waals surface area contributed by atoms with Gasteiger partial charge < -0.3 is 4.57 Å². The van der Waals surface area contributed by atoms with Crippen LogP contribution in [0.25, 0.3) is 22.2 Å². The lowest BCUT2D eigenvalue weighted by molar-refractivity contribution is -0.118. The van der Waals surface area contributed by atoms with Gasteiger partial charge in [-0.25, -0.2) is 5.43 Å². The summed E-state index contributed by atoms with van der Waals surface area (Å²) in [6.45, 7) is 4.66. The lowest BCUT2D eigenvalue weighted by Gasteiger charge is -2.08. The van der Waals surface area contributed by atoms with Crippen molar-refractivity contribution in [2.45, 2.75) is 25.5 Å². The zero-order chi connectivity index (χ0) is 21.6. The highest BCUT2D eigenvalue weighted by atomic mass is 32.2. The summed E-state index contributed by atoms with van der Waals surface area (Å²) in [7, 11) is 0. The van der Waals surface area contributed by atoms with Crippen molar-refractivity contribution in [2.24, 2.45) is 5.10 Å². The van der Waals surface area contributed by atoms with Crippen molar-refractivity contribution in [3.63, 3.8) is 0 Å². The van der Waals surface area contributed by atoms with Crippen LogP contribution in [-0.4, -0.2) is 32.1 Å². The zero-order valence-electron chi connectivity index (χ0n) is 17.4. The van der Waals surface area contributed by atoms with E-state index in [0.29, 0.717) is 5.16 Å². The molecule has 31 heavy (non-hydrogen) atoms. The van der Waals surface area contributed by atoms with Gasteiger partial charge in [-0.1, -0.05) is 84.6 Å². The molecule has 4 aromatic rings. The number of amides is 1. The van der Waals surface area contributed by atoms with E-state index in [1.807, 2.05) is 73.0 Å². The summed E-state index contributed by atoms with van der Waals surface area (Å²) in [5.74, 6) is 0.825. The van der Waals surface area contributed by atoms with Crippen LogP contribution in [0, 0.1) is 0 Å². The number of hydrogen-bond donors (Lipinski definition) is 1. The van der Waals surface area contributed by atoms with Crippen molar-refractivity contribution >= 4 is 34.2 Å². The highest BCUT2D eigenvalue weighted by Crippen LogP contribution is 2.23. The Morgan fingerprint density at radius 3 is 2.55 bits per heavy atom. The van der Waals surface area contributed by atoms with Crippen LogP contribution in [0.2, 0.25) is 0 Å². The van der Waals surface area contributed by atoms with Crippen molar-refractivity contribution in [1.29, 1.82) is 0 Å². The van der Waals surface area contributed by atoms with Gasteiger partial charge in [0.25, 0.3) is 5.91 Å². The van der Waals surface area contributed by atoms with Gasteiger partial charge in [0, 0.05) is 17.7 Å². The van der Waals surface area contributed by atoms with E-state index in [-0.39, 0.29) is 11.7 Å². The van der Waals surface area contributed by atoms with E-state index in [9.17, 15) is 4.79 Å². The Bertz CT molecular complexity index is 1230. The molecule has 0 bridgehead atoms. The lowest BCUT2D eigenvalue weighted by Crippen LogP contribution is -2.21. The van der Waals surface area contributed by atoms with Gasteiger partial charge in [0.05, 0.1) is 11.5 Å². The molecule has 0 saturated carbocycles. The van der Waals surface area contributed by atoms with E-state index in [1.54, 1.807) is 0 Å². The molecule has 0 atom stereocenters. The third kappa shape index (κ3) is 4.67. The number of carbonyl (C=O) groups excluding carboxylic acids is 1. The number of carbonyl (C=O) groups is 1. The molecule has 0 spiro atoms. The molecular formula is C24H23N5OS. The summed E-state index contributed by atoms with van der Waals surface area (Å²) < 4.78 is 2.01. The van der Waals surface area contributed by atoms with Crippen LogP contribution in [-0.2, 0) is 11.3 Å². The predicted octanol–water partition coefficient (Wildman–Crippen LogP) is 4.75. The standard InChI is InChI=1S/C24H23N5OS/c1-3-29-23(19-11-5-4-6-12-19)27-28-24(29)31-16-22(30)26-25-17(2)20-15-9-13-18-10-7-8-14-21(18)20/h4-15H,3,16H2,1-2H3,(H,26,30)/b25-17+. The Labute approximate surface area is 185 Å². The van der Waals surface area contributed by atoms with Crippen LogP contribution in [0.15, 0.2) is 83.1 Å². The van der Waals surface area contributed by atoms with Crippen LogP contribution in [0.1, 0.15) is 19.4 Å². The maximum atomic E-state index is 12.4. The quantitative estimate of drug-likeness (QED) is 0.261. The second kappa shape index (κ2) is 9.57. The van der Waals surface area contributed by atoms with Gasteiger partial charge in [0.15, 0.2) is 11.0 Å². The second-order valence-corrected chi connectivity index (χ2v) is 7.91. The molecule has 0 fully saturated rings. The minimum atomic E-state index is -0.184. The first-order valence-corrected chi connectivity index (χ1v) is 11.1. The van der Waals surface area contributed by atoms with Gasteiger partial charge in [-0.15, -0.1) is 10.2 Å². The number of fused-ring (bicyclic) bond motifs is 1. The monoisotopic (exact) mass is 429 g/mol. The van der Waals surface area contributed by atoms with Gasteiger partial charge in [-0.3, -0.25) is 4.79 Å². The molecule has 6 nitrogen and oxygen atoms in total. The Morgan fingerprint density at radius 1 is 1.00 bits per heavy atom. The Morgan fingerprint density at radius 2 is 1.74 bits per heavy atom. The maximum absolute atomic E-state index is 12.4. The lowest BCUT2D eigenvalue weighted by atomic mass is 10.0. The first-order valence-electron chi connectivity index (χ1n) is 10.1. The Balaban J connectivity index is 1.42. The molecule has 1 aromatic heterocycles. The molecule has 3 aromatic carbocycles. The van der Waals surface area contributed by atoms with Crippen molar-refractivity contribution in [3.8, 4) is 11.4 Å². The molecule has 4 rings (SSSR count). The number of thioether (sulfide) groups is 1. The summed E-state index contributed by atoms with van der Waals surface area (Å²) in [6.07, 6.45) is 0. The molecule has 156 valence electrons. The van der Waals surface area contributed by atoms with Gasteiger partial charge in [-0.05, 0) is 24.6 Å². The number of nitrogens with one attached hydrogen (secondary N) is 1. The molecule has 0 aliphatic carbocycles. The molecule has 7 heteroatoms. The zero-order valence-corrected chi connectivity index (χ0v) is 18.3. The van der Waals surface area contributed by atoms with Crippen molar-refractivity contribution in [2.75, 3.05) is 5.75 Å². The van der Waals surface area contributed by atoms with Gasteiger partial charge in [0.1, 0.15) is 0 Å². The molecule has 1 amide bonds.